The monoisotopic (exact) mass is 460 g/mol. The average molecular weight is 461 g/mol. The SMILES string of the molecule is COC(=O)CCC/C=C(/c1cc(C)c(OC)c(CC(=O)OC)c1)c1cc(Cl)ccc1OC. The highest BCUT2D eigenvalue weighted by atomic mass is 35.5. The van der Waals surface area contributed by atoms with Gasteiger partial charge in [0.05, 0.1) is 34.9 Å². The summed E-state index contributed by atoms with van der Waals surface area (Å²) in [5.41, 5.74) is 4.17. The number of carbonyl (C=O) groups excluding carboxylic acids is 2. The van der Waals surface area contributed by atoms with Gasteiger partial charge >= 0.3 is 11.9 Å². The van der Waals surface area contributed by atoms with E-state index in [0.717, 1.165) is 27.8 Å². The topological polar surface area (TPSA) is 71.1 Å². The number of benzene rings is 2. The third-order valence-electron chi connectivity index (χ3n) is 5.04. The predicted octanol–water partition coefficient (Wildman–Crippen LogP) is 5.16. The molecule has 0 spiro atoms. The molecule has 0 aromatic heterocycles. The molecule has 2 rings (SSSR count). The number of carbonyl (C=O) groups is 2. The molecule has 2 aromatic carbocycles. The quantitative estimate of drug-likeness (QED) is 0.360. The molecule has 172 valence electrons. The molecule has 0 aliphatic carbocycles. The zero-order chi connectivity index (χ0) is 23.7. The highest BCUT2D eigenvalue weighted by molar-refractivity contribution is 6.30. The number of allylic oxidation sites excluding steroid dienone is 1. The summed E-state index contributed by atoms with van der Waals surface area (Å²) in [6.45, 7) is 1.92. The first-order valence-corrected chi connectivity index (χ1v) is 10.6. The Hall–Kier alpha value is -2.99. The molecule has 0 bridgehead atoms. The molecule has 0 radical (unpaired) electrons. The molecule has 0 heterocycles. The minimum Gasteiger partial charge on any atom is -0.496 e. The van der Waals surface area contributed by atoms with Crippen LogP contribution in [-0.4, -0.2) is 40.4 Å². The van der Waals surface area contributed by atoms with E-state index in [9.17, 15) is 9.59 Å². The first-order valence-electron chi connectivity index (χ1n) is 10.2. The van der Waals surface area contributed by atoms with Crippen molar-refractivity contribution in [2.75, 3.05) is 28.4 Å². The maximum absolute atomic E-state index is 12.0. The summed E-state index contributed by atoms with van der Waals surface area (Å²) in [7, 11) is 5.91. The van der Waals surface area contributed by atoms with E-state index in [4.69, 9.17) is 30.5 Å². The highest BCUT2D eigenvalue weighted by Gasteiger charge is 2.18. The summed E-state index contributed by atoms with van der Waals surface area (Å²) < 4.78 is 20.7. The van der Waals surface area contributed by atoms with Crippen molar-refractivity contribution in [2.24, 2.45) is 0 Å². The molecule has 2 aromatic rings. The van der Waals surface area contributed by atoms with E-state index in [1.54, 1.807) is 20.3 Å². The fraction of sp³-hybridized carbons (Fsp3) is 0.360. The predicted molar refractivity (Wildman–Crippen MR) is 124 cm³/mol. The van der Waals surface area contributed by atoms with Gasteiger partial charge in [-0.2, -0.15) is 0 Å². The van der Waals surface area contributed by atoms with E-state index in [2.05, 4.69) is 0 Å². The third-order valence-corrected chi connectivity index (χ3v) is 5.28. The van der Waals surface area contributed by atoms with Crippen LogP contribution in [0.15, 0.2) is 36.4 Å². The van der Waals surface area contributed by atoms with E-state index in [-0.39, 0.29) is 18.4 Å². The van der Waals surface area contributed by atoms with Crippen LogP contribution in [-0.2, 0) is 25.5 Å². The minimum atomic E-state index is -0.358. The van der Waals surface area contributed by atoms with Crippen LogP contribution in [0.5, 0.6) is 11.5 Å². The number of rotatable bonds is 10. The van der Waals surface area contributed by atoms with Crippen LogP contribution in [0.4, 0.5) is 0 Å². The van der Waals surface area contributed by atoms with E-state index in [0.29, 0.717) is 35.8 Å². The minimum absolute atomic E-state index is 0.0800. The van der Waals surface area contributed by atoms with Crippen molar-refractivity contribution in [1.29, 1.82) is 0 Å². The summed E-state index contributed by atoms with van der Waals surface area (Å²) in [6.07, 6.45) is 3.71. The number of hydrogen-bond acceptors (Lipinski definition) is 6. The van der Waals surface area contributed by atoms with E-state index in [1.807, 2.05) is 37.3 Å². The molecule has 32 heavy (non-hydrogen) atoms. The van der Waals surface area contributed by atoms with Gasteiger partial charge in [-0.1, -0.05) is 17.7 Å². The Bertz CT molecular complexity index is 996. The van der Waals surface area contributed by atoms with Gasteiger partial charge in [0.15, 0.2) is 0 Å². The molecular formula is C25H29ClO6. The van der Waals surface area contributed by atoms with Gasteiger partial charge in [0.2, 0.25) is 0 Å². The maximum Gasteiger partial charge on any atom is 0.310 e. The Kier molecular flexibility index (Phi) is 9.60. The van der Waals surface area contributed by atoms with Gasteiger partial charge in [0.25, 0.3) is 0 Å². The Morgan fingerprint density at radius 2 is 1.69 bits per heavy atom. The van der Waals surface area contributed by atoms with Gasteiger partial charge in [-0.15, -0.1) is 0 Å². The van der Waals surface area contributed by atoms with Crippen molar-refractivity contribution in [3.05, 3.63) is 63.7 Å². The molecule has 0 N–H and O–H groups in total. The maximum atomic E-state index is 12.0. The van der Waals surface area contributed by atoms with E-state index in [1.165, 1.54) is 14.2 Å². The van der Waals surface area contributed by atoms with Crippen LogP contribution < -0.4 is 9.47 Å². The molecule has 0 saturated carbocycles. The summed E-state index contributed by atoms with van der Waals surface area (Å²) in [6, 6.07) is 9.32. The lowest BCUT2D eigenvalue weighted by atomic mass is 9.91. The lowest BCUT2D eigenvalue weighted by molar-refractivity contribution is -0.141. The second-order valence-electron chi connectivity index (χ2n) is 7.17. The van der Waals surface area contributed by atoms with Crippen molar-refractivity contribution < 1.29 is 28.5 Å². The van der Waals surface area contributed by atoms with Crippen molar-refractivity contribution in [3.8, 4) is 11.5 Å². The van der Waals surface area contributed by atoms with Crippen LogP contribution >= 0.6 is 11.6 Å². The van der Waals surface area contributed by atoms with Crippen LogP contribution in [0.3, 0.4) is 0 Å². The van der Waals surface area contributed by atoms with Gasteiger partial charge < -0.3 is 18.9 Å². The number of ether oxygens (including phenoxy) is 4. The smallest absolute Gasteiger partial charge is 0.310 e. The molecule has 0 saturated heterocycles. The van der Waals surface area contributed by atoms with Crippen molar-refractivity contribution >= 4 is 29.1 Å². The summed E-state index contributed by atoms with van der Waals surface area (Å²) in [4.78, 5) is 23.5. The van der Waals surface area contributed by atoms with Gasteiger partial charge in [-0.05, 0) is 66.8 Å². The fourth-order valence-corrected chi connectivity index (χ4v) is 3.69. The van der Waals surface area contributed by atoms with Crippen LogP contribution in [0.25, 0.3) is 5.57 Å². The third kappa shape index (κ3) is 6.50. The summed E-state index contributed by atoms with van der Waals surface area (Å²) in [5.74, 6) is 0.698. The van der Waals surface area contributed by atoms with Crippen molar-refractivity contribution in [2.45, 2.75) is 32.6 Å². The van der Waals surface area contributed by atoms with Gasteiger partial charge in [-0.25, -0.2) is 0 Å². The highest BCUT2D eigenvalue weighted by Crippen LogP contribution is 2.37. The van der Waals surface area contributed by atoms with Crippen molar-refractivity contribution in [3.63, 3.8) is 0 Å². The lowest BCUT2D eigenvalue weighted by Gasteiger charge is -2.18. The molecule has 6 nitrogen and oxygen atoms in total. The van der Waals surface area contributed by atoms with Crippen molar-refractivity contribution in [1.82, 2.24) is 0 Å². The first-order chi connectivity index (χ1) is 15.3. The molecule has 0 aliphatic heterocycles. The Labute approximate surface area is 194 Å². The zero-order valence-corrected chi connectivity index (χ0v) is 19.9. The largest absolute Gasteiger partial charge is 0.496 e. The number of aryl methyl sites for hydroxylation is 1. The van der Waals surface area contributed by atoms with Crippen LogP contribution in [0.1, 0.15) is 41.5 Å². The lowest BCUT2D eigenvalue weighted by Crippen LogP contribution is -2.07. The number of unbranched alkanes of at least 4 members (excludes halogenated alkanes) is 1. The number of esters is 2. The second kappa shape index (κ2) is 12.2. The van der Waals surface area contributed by atoms with Gasteiger partial charge in [0.1, 0.15) is 11.5 Å². The van der Waals surface area contributed by atoms with Gasteiger partial charge in [-0.3, -0.25) is 9.59 Å². The molecule has 0 aliphatic rings. The molecule has 0 unspecified atom stereocenters. The fourth-order valence-electron chi connectivity index (χ4n) is 3.52. The molecular weight excluding hydrogens is 432 g/mol. The Morgan fingerprint density at radius 1 is 0.969 bits per heavy atom. The van der Waals surface area contributed by atoms with E-state index < -0.39 is 0 Å². The van der Waals surface area contributed by atoms with Crippen LogP contribution in [0.2, 0.25) is 5.02 Å². The van der Waals surface area contributed by atoms with E-state index >= 15 is 0 Å². The normalized spacial score (nSPS) is 11.1. The standard InChI is InChI=1S/C25H29ClO6/c1-16-12-17(13-18(25(16)32-5)14-24(28)31-4)20(8-6-7-9-23(27)30-3)21-15-19(26)10-11-22(21)29-2/h8,10-13,15H,6-7,9,14H2,1-5H3/b20-8-. The zero-order valence-electron chi connectivity index (χ0n) is 19.1. The number of hydrogen-bond donors (Lipinski definition) is 0. The Morgan fingerprint density at radius 3 is 2.31 bits per heavy atom. The van der Waals surface area contributed by atoms with Gasteiger partial charge in [0, 0.05) is 22.6 Å². The molecule has 7 heteroatoms. The molecule has 0 atom stereocenters. The molecule has 0 amide bonds. The summed E-state index contributed by atoms with van der Waals surface area (Å²) >= 11 is 6.30. The number of methoxy groups -OCH3 is 4. The summed E-state index contributed by atoms with van der Waals surface area (Å²) in [5, 5.41) is 0.571. The average Bonchev–Trinajstić information content (AvgIpc) is 2.78. The second-order valence-corrected chi connectivity index (χ2v) is 7.61. The number of halogens is 1. The molecule has 0 fully saturated rings. The first kappa shape index (κ1) is 25.3. The van der Waals surface area contributed by atoms with Crippen LogP contribution in [0, 0.1) is 6.92 Å². The Balaban J connectivity index is 2.60.